The molecule has 0 N–H and O–H groups in total. The molecule has 25 heavy (non-hydrogen) atoms. The van der Waals surface area contributed by atoms with Crippen molar-refractivity contribution in [2.45, 2.75) is 130 Å². The van der Waals surface area contributed by atoms with Gasteiger partial charge in [-0.1, -0.05) is 98.8 Å². The lowest BCUT2D eigenvalue weighted by atomic mass is 10.0. The fourth-order valence-corrected chi connectivity index (χ4v) is 6.03. The first-order chi connectivity index (χ1) is 12.0. The molecule has 0 aliphatic carbocycles. The minimum Gasteiger partial charge on any atom is -0.394 e. The molecule has 2 nitrogen and oxygen atoms in total. The second-order valence-electron chi connectivity index (χ2n) is 7.86. The molecule has 0 saturated carbocycles. The Bertz CT molecular complexity index is 279. The Morgan fingerprint density at radius 2 is 1.16 bits per heavy atom. The van der Waals surface area contributed by atoms with Crippen molar-refractivity contribution in [3.63, 3.8) is 0 Å². The minimum atomic E-state index is -1.98. The number of hydrogen-bond donors (Lipinski definition) is 0. The van der Waals surface area contributed by atoms with Gasteiger partial charge >= 0.3 is 8.56 Å². The Labute approximate surface area is 160 Å². The van der Waals surface area contributed by atoms with Gasteiger partial charge < -0.3 is 8.85 Å². The van der Waals surface area contributed by atoms with E-state index in [1.165, 1.54) is 70.6 Å². The van der Waals surface area contributed by atoms with Gasteiger partial charge in [-0.3, -0.25) is 0 Å². The monoisotopic (exact) mass is 372 g/mol. The smallest absolute Gasteiger partial charge is 0.337 e. The zero-order valence-corrected chi connectivity index (χ0v) is 19.4. The molecule has 0 aromatic rings. The Balaban J connectivity index is 3.83. The van der Waals surface area contributed by atoms with Crippen LogP contribution in [-0.4, -0.2) is 21.3 Å². The van der Waals surface area contributed by atoms with Gasteiger partial charge in [-0.05, 0) is 31.4 Å². The summed E-state index contributed by atoms with van der Waals surface area (Å²) in [6.45, 7) is 14.4. The Hall–Kier alpha value is 0.137. The van der Waals surface area contributed by atoms with Gasteiger partial charge in [-0.15, -0.1) is 0 Å². The second-order valence-corrected chi connectivity index (χ2v) is 11.6. The maximum absolute atomic E-state index is 6.50. The Morgan fingerprint density at radius 3 is 1.60 bits per heavy atom. The summed E-state index contributed by atoms with van der Waals surface area (Å²) in [5.41, 5.74) is 0. The second kappa shape index (κ2) is 16.3. The van der Waals surface area contributed by atoms with Crippen LogP contribution in [0, 0.1) is 5.92 Å². The first-order valence-electron chi connectivity index (χ1n) is 11.4. The standard InChI is InChI=1S/C22H48O2Si/c1-7-11-12-13-14-15-16-17-18-19-20-23-25(9-3,10-4)24-22(6)21(5)8-2/h21-22H,7-20H2,1-6H3. The summed E-state index contributed by atoms with van der Waals surface area (Å²) in [4.78, 5) is 0. The predicted octanol–water partition coefficient (Wildman–Crippen LogP) is 7.86. The van der Waals surface area contributed by atoms with Gasteiger partial charge in [0, 0.05) is 12.7 Å². The molecule has 0 aliphatic rings. The average Bonchev–Trinajstić information content (AvgIpc) is 2.64. The number of unbranched alkanes of at least 4 members (excludes halogenated alkanes) is 9. The zero-order chi connectivity index (χ0) is 19.0. The lowest BCUT2D eigenvalue weighted by Gasteiger charge is -2.34. The van der Waals surface area contributed by atoms with Crippen molar-refractivity contribution < 1.29 is 8.85 Å². The molecule has 0 saturated heterocycles. The van der Waals surface area contributed by atoms with Gasteiger partial charge in [0.05, 0.1) is 0 Å². The van der Waals surface area contributed by atoms with Crippen molar-refractivity contribution >= 4 is 8.56 Å². The van der Waals surface area contributed by atoms with Crippen LogP contribution in [0.5, 0.6) is 0 Å². The molecule has 0 spiro atoms. The first-order valence-corrected chi connectivity index (χ1v) is 13.6. The molecule has 0 bridgehead atoms. The van der Waals surface area contributed by atoms with Gasteiger partial charge in [0.2, 0.25) is 0 Å². The summed E-state index contributed by atoms with van der Waals surface area (Å²) in [7, 11) is -1.98. The lowest BCUT2D eigenvalue weighted by Crippen LogP contribution is -2.45. The number of hydrogen-bond acceptors (Lipinski definition) is 2. The molecule has 0 rings (SSSR count). The van der Waals surface area contributed by atoms with E-state index in [9.17, 15) is 0 Å². The highest BCUT2D eigenvalue weighted by atomic mass is 28.4. The molecule has 0 radical (unpaired) electrons. The summed E-state index contributed by atoms with van der Waals surface area (Å²) in [6, 6.07) is 2.14. The molecule has 0 amide bonds. The Kier molecular flexibility index (Phi) is 16.4. The molecule has 0 aliphatic heterocycles. The Morgan fingerprint density at radius 1 is 0.680 bits per heavy atom. The van der Waals surface area contributed by atoms with Crippen molar-refractivity contribution in [1.82, 2.24) is 0 Å². The maximum atomic E-state index is 6.50. The molecule has 3 heteroatoms. The van der Waals surface area contributed by atoms with E-state index in [1.54, 1.807) is 0 Å². The van der Waals surface area contributed by atoms with E-state index < -0.39 is 8.56 Å². The van der Waals surface area contributed by atoms with Crippen molar-refractivity contribution in [2.75, 3.05) is 6.61 Å². The van der Waals surface area contributed by atoms with Crippen LogP contribution in [0.1, 0.15) is 112 Å². The molecule has 2 unspecified atom stereocenters. The van der Waals surface area contributed by atoms with Crippen LogP contribution in [0.25, 0.3) is 0 Å². The highest BCUT2D eigenvalue weighted by Crippen LogP contribution is 2.24. The molecular formula is C22H48O2Si. The molecule has 0 fully saturated rings. The fourth-order valence-electron chi connectivity index (χ4n) is 3.29. The zero-order valence-electron chi connectivity index (χ0n) is 18.4. The van der Waals surface area contributed by atoms with Crippen molar-refractivity contribution in [3.8, 4) is 0 Å². The SMILES string of the molecule is CCCCCCCCCCCCO[Si](CC)(CC)OC(C)C(C)CC. The topological polar surface area (TPSA) is 18.5 Å². The molecule has 0 aromatic heterocycles. The molecule has 2 atom stereocenters. The lowest BCUT2D eigenvalue weighted by molar-refractivity contribution is 0.0869. The largest absolute Gasteiger partial charge is 0.394 e. The van der Waals surface area contributed by atoms with Crippen LogP contribution >= 0.6 is 0 Å². The number of rotatable bonds is 18. The summed E-state index contributed by atoms with van der Waals surface area (Å²) >= 11 is 0. The van der Waals surface area contributed by atoms with Crippen LogP contribution in [0.3, 0.4) is 0 Å². The van der Waals surface area contributed by atoms with Gasteiger partial charge in [0.15, 0.2) is 0 Å². The molecule has 152 valence electrons. The van der Waals surface area contributed by atoms with Crippen LogP contribution in [0.15, 0.2) is 0 Å². The van der Waals surface area contributed by atoms with E-state index in [0.29, 0.717) is 12.0 Å². The van der Waals surface area contributed by atoms with Crippen LogP contribution in [-0.2, 0) is 8.85 Å². The molecule has 0 aromatic carbocycles. The molecular weight excluding hydrogens is 324 g/mol. The third kappa shape index (κ3) is 12.2. The van der Waals surface area contributed by atoms with Crippen molar-refractivity contribution in [3.05, 3.63) is 0 Å². The summed E-state index contributed by atoms with van der Waals surface area (Å²) < 4.78 is 12.9. The van der Waals surface area contributed by atoms with E-state index in [4.69, 9.17) is 8.85 Å². The first kappa shape index (κ1) is 25.1. The van der Waals surface area contributed by atoms with E-state index in [1.807, 2.05) is 0 Å². The summed E-state index contributed by atoms with van der Waals surface area (Å²) in [5.74, 6) is 0.617. The third-order valence-corrected chi connectivity index (χ3v) is 9.47. The highest BCUT2D eigenvalue weighted by molar-refractivity contribution is 6.67. The maximum Gasteiger partial charge on any atom is 0.337 e. The van der Waals surface area contributed by atoms with Gasteiger partial charge in [-0.25, -0.2) is 0 Å². The van der Waals surface area contributed by atoms with Gasteiger partial charge in [0.1, 0.15) is 0 Å². The summed E-state index contributed by atoms with van der Waals surface area (Å²) in [6.07, 6.45) is 15.3. The van der Waals surface area contributed by atoms with E-state index in [-0.39, 0.29) is 0 Å². The van der Waals surface area contributed by atoms with Gasteiger partial charge in [0.25, 0.3) is 0 Å². The molecule has 0 heterocycles. The van der Waals surface area contributed by atoms with E-state index in [0.717, 1.165) is 18.7 Å². The average molecular weight is 373 g/mol. The van der Waals surface area contributed by atoms with Crippen LogP contribution < -0.4 is 0 Å². The minimum absolute atomic E-state index is 0.323. The van der Waals surface area contributed by atoms with Crippen molar-refractivity contribution in [2.24, 2.45) is 5.92 Å². The van der Waals surface area contributed by atoms with Crippen LogP contribution in [0.2, 0.25) is 12.1 Å². The van der Waals surface area contributed by atoms with Gasteiger partial charge in [-0.2, -0.15) is 0 Å². The quantitative estimate of drug-likeness (QED) is 0.180. The van der Waals surface area contributed by atoms with Crippen LogP contribution in [0.4, 0.5) is 0 Å². The third-order valence-electron chi connectivity index (χ3n) is 5.79. The van der Waals surface area contributed by atoms with Crippen molar-refractivity contribution in [1.29, 1.82) is 0 Å². The highest BCUT2D eigenvalue weighted by Gasteiger charge is 2.36. The normalized spacial score (nSPS) is 14.6. The summed E-state index contributed by atoms with van der Waals surface area (Å²) in [5, 5.41) is 0. The van der Waals surface area contributed by atoms with E-state index in [2.05, 4.69) is 41.5 Å². The van der Waals surface area contributed by atoms with E-state index >= 15 is 0 Å². The predicted molar refractivity (Wildman–Crippen MR) is 115 cm³/mol. The fraction of sp³-hybridized carbons (Fsp3) is 1.00.